The van der Waals surface area contributed by atoms with Crippen LogP contribution in [0.1, 0.15) is 44.4 Å². The third-order valence-corrected chi connectivity index (χ3v) is 8.02. The number of ether oxygens (including phenoxy) is 3. The topological polar surface area (TPSA) is 80.7 Å². The van der Waals surface area contributed by atoms with Crippen LogP contribution in [0.25, 0.3) is 0 Å². The molecule has 1 aromatic carbocycles. The first-order valence-corrected chi connectivity index (χ1v) is 13.4. The summed E-state index contributed by atoms with van der Waals surface area (Å²) in [7, 11) is 3.32. The normalized spacial score (nSPS) is 25.4. The second kappa shape index (κ2) is 10.5. The van der Waals surface area contributed by atoms with Crippen molar-refractivity contribution in [1.29, 1.82) is 0 Å². The van der Waals surface area contributed by atoms with Crippen molar-refractivity contribution in [2.75, 3.05) is 46.2 Å². The Morgan fingerprint density at radius 3 is 2.78 bits per heavy atom. The van der Waals surface area contributed by atoms with Crippen molar-refractivity contribution < 1.29 is 23.8 Å². The first-order valence-electron chi connectivity index (χ1n) is 12.4. The summed E-state index contributed by atoms with van der Waals surface area (Å²) in [6, 6.07) is 5.70. The van der Waals surface area contributed by atoms with Gasteiger partial charge < -0.3 is 19.1 Å². The van der Waals surface area contributed by atoms with E-state index in [1.807, 2.05) is 32.9 Å². The molecule has 196 valence electrons. The first-order chi connectivity index (χ1) is 17.1. The standard InChI is InChI=1S/C27H37N3O5S/c1-7-11-30-23(31)21-22(28-24(30)36-14-13-33-5)20-9-8-19(34-6)15-18(20)16-27(21)10-12-29(17-27)25(32)35-26(2,3)4/h7-9,15,21-22H,1,10-14,16-17H2,2-6H3. The highest BCUT2D eigenvalue weighted by Crippen LogP contribution is 2.55. The number of hydrogen-bond acceptors (Lipinski definition) is 7. The highest BCUT2D eigenvalue weighted by molar-refractivity contribution is 8.13. The highest BCUT2D eigenvalue weighted by atomic mass is 32.2. The van der Waals surface area contributed by atoms with Crippen LogP contribution < -0.4 is 4.74 Å². The summed E-state index contributed by atoms with van der Waals surface area (Å²) in [5.41, 5.74) is 1.15. The minimum Gasteiger partial charge on any atom is -0.497 e. The Morgan fingerprint density at radius 1 is 1.33 bits per heavy atom. The number of aliphatic imine (C=N–C) groups is 1. The van der Waals surface area contributed by atoms with Gasteiger partial charge in [0.15, 0.2) is 5.17 Å². The Labute approximate surface area is 218 Å². The zero-order valence-corrected chi connectivity index (χ0v) is 22.7. The lowest BCUT2D eigenvalue weighted by Gasteiger charge is -2.48. The summed E-state index contributed by atoms with van der Waals surface area (Å²) < 4.78 is 16.4. The highest BCUT2D eigenvalue weighted by Gasteiger charge is 2.58. The van der Waals surface area contributed by atoms with E-state index in [0.29, 0.717) is 50.0 Å². The van der Waals surface area contributed by atoms with Crippen LogP contribution in [0.15, 0.2) is 35.8 Å². The molecule has 2 heterocycles. The third-order valence-electron chi connectivity index (χ3n) is 7.07. The first kappa shape index (κ1) is 26.5. The van der Waals surface area contributed by atoms with E-state index in [9.17, 15) is 9.59 Å². The van der Waals surface area contributed by atoms with E-state index >= 15 is 0 Å². The number of hydrogen-bond donors (Lipinski definition) is 0. The molecule has 3 atom stereocenters. The lowest BCUT2D eigenvalue weighted by molar-refractivity contribution is -0.138. The van der Waals surface area contributed by atoms with Gasteiger partial charge in [0.1, 0.15) is 11.4 Å². The maximum Gasteiger partial charge on any atom is 0.410 e. The van der Waals surface area contributed by atoms with Crippen LogP contribution in [0, 0.1) is 11.3 Å². The SMILES string of the molecule is C=CCN1C(=O)C2C(N=C1SCCOC)c1ccc(OC)cc1CC21CCN(C(=O)OC(C)(C)C)C1. The second-order valence-electron chi connectivity index (χ2n) is 10.7. The van der Waals surface area contributed by atoms with Crippen molar-refractivity contribution in [2.24, 2.45) is 16.3 Å². The van der Waals surface area contributed by atoms with Gasteiger partial charge >= 0.3 is 6.09 Å². The third kappa shape index (κ3) is 5.13. The van der Waals surface area contributed by atoms with Crippen molar-refractivity contribution in [3.8, 4) is 5.75 Å². The molecule has 8 nitrogen and oxygen atoms in total. The molecule has 2 amide bonds. The molecule has 1 spiro atoms. The van der Waals surface area contributed by atoms with Crippen molar-refractivity contribution in [1.82, 2.24) is 9.80 Å². The van der Waals surface area contributed by atoms with Crippen LogP contribution in [0.3, 0.4) is 0 Å². The largest absolute Gasteiger partial charge is 0.497 e. The van der Waals surface area contributed by atoms with Crippen molar-refractivity contribution in [3.05, 3.63) is 42.0 Å². The summed E-state index contributed by atoms with van der Waals surface area (Å²) in [4.78, 5) is 35.8. The van der Waals surface area contributed by atoms with Gasteiger partial charge in [-0.15, -0.1) is 6.58 Å². The summed E-state index contributed by atoms with van der Waals surface area (Å²) in [5, 5.41) is 0.694. The number of rotatable bonds is 6. The van der Waals surface area contributed by atoms with Gasteiger partial charge in [0, 0.05) is 37.9 Å². The maximum atomic E-state index is 14.2. The molecule has 0 N–H and O–H groups in total. The van der Waals surface area contributed by atoms with E-state index in [1.165, 1.54) is 11.8 Å². The molecular formula is C27H37N3O5S. The number of nitrogens with zero attached hydrogens (tertiary/aromatic N) is 3. The predicted molar refractivity (Wildman–Crippen MR) is 141 cm³/mol. The van der Waals surface area contributed by atoms with Crippen molar-refractivity contribution in [2.45, 2.75) is 45.3 Å². The fourth-order valence-electron chi connectivity index (χ4n) is 5.55. The van der Waals surface area contributed by atoms with E-state index in [-0.39, 0.29) is 24.0 Å². The number of amidine groups is 1. The Morgan fingerprint density at radius 2 is 2.11 bits per heavy atom. The van der Waals surface area contributed by atoms with E-state index in [2.05, 4.69) is 12.6 Å². The van der Waals surface area contributed by atoms with Crippen LogP contribution in [0.5, 0.6) is 5.75 Å². The van der Waals surface area contributed by atoms with Gasteiger partial charge in [-0.05, 0) is 56.9 Å². The molecule has 0 radical (unpaired) electrons. The smallest absolute Gasteiger partial charge is 0.410 e. The van der Waals surface area contributed by atoms with Gasteiger partial charge in [-0.2, -0.15) is 0 Å². The molecule has 1 fully saturated rings. The minimum atomic E-state index is -0.581. The molecule has 1 aromatic rings. The molecule has 2 aliphatic heterocycles. The summed E-state index contributed by atoms with van der Waals surface area (Å²) in [5.74, 6) is 1.14. The number of likely N-dealkylation sites (tertiary alicyclic amines) is 1. The van der Waals surface area contributed by atoms with Gasteiger partial charge in [-0.3, -0.25) is 14.7 Å². The molecule has 0 aromatic heterocycles. The van der Waals surface area contributed by atoms with E-state index in [0.717, 1.165) is 16.9 Å². The Kier molecular flexibility index (Phi) is 7.71. The van der Waals surface area contributed by atoms with Crippen LogP contribution >= 0.6 is 11.8 Å². The van der Waals surface area contributed by atoms with Crippen LogP contribution in [-0.2, 0) is 20.7 Å². The van der Waals surface area contributed by atoms with Crippen LogP contribution in [0.2, 0.25) is 0 Å². The van der Waals surface area contributed by atoms with E-state index in [1.54, 1.807) is 30.1 Å². The maximum absolute atomic E-state index is 14.2. The zero-order chi connectivity index (χ0) is 26.1. The van der Waals surface area contributed by atoms with E-state index < -0.39 is 11.0 Å². The van der Waals surface area contributed by atoms with Crippen LogP contribution in [0.4, 0.5) is 4.79 Å². The number of amides is 2. The fourth-order valence-corrected chi connectivity index (χ4v) is 6.49. The van der Waals surface area contributed by atoms with Crippen molar-refractivity contribution in [3.63, 3.8) is 0 Å². The number of fused-ring (bicyclic) bond motifs is 4. The second-order valence-corrected chi connectivity index (χ2v) is 11.7. The number of carbonyl (C=O) groups is 2. The van der Waals surface area contributed by atoms with Gasteiger partial charge in [0.2, 0.25) is 5.91 Å². The molecule has 0 saturated carbocycles. The summed E-state index contributed by atoms with van der Waals surface area (Å²) in [6.45, 7) is 11.4. The number of thioether (sulfide) groups is 1. The quantitative estimate of drug-likeness (QED) is 0.415. The Hall–Kier alpha value is -2.52. The van der Waals surface area contributed by atoms with Gasteiger partial charge in [-0.25, -0.2) is 4.79 Å². The fraction of sp³-hybridized carbons (Fsp3) is 0.593. The molecule has 1 saturated heterocycles. The number of benzene rings is 1. The average Bonchev–Trinajstić information content (AvgIpc) is 3.24. The Balaban J connectivity index is 1.76. The molecular weight excluding hydrogens is 478 g/mol. The van der Waals surface area contributed by atoms with E-state index in [4.69, 9.17) is 19.2 Å². The number of methoxy groups -OCH3 is 2. The monoisotopic (exact) mass is 515 g/mol. The summed E-state index contributed by atoms with van der Waals surface area (Å²) in [6.07, 6.45) is 2.79. The molecule has 3 aliphatic rings. The molecule has 0 bridgehead atoms. The average molecular weight is 516 g/mol. The molecule has 3 unspecified atom stereocenters. The zero-order valence-electron chi connectivity index (χ0n) is 21.9. The van der Waals surface area contributed by atoms with Crippen LogP contribution in [-0.4, -0.2) is 78.8 Å². The Bertz CT molecular complexity index is 1050. The number of carbonyl (C=O) groups excluding carboxylic acids is 2. The van der Waals surface area contributed by atoms with Crippen molar-refractivity contribution >= 4 is 28.9 Å². The predicted octanol–water partition coefficient (Wildman–Crippen LogP) is 4.30. The van der Waals surface area contributed by atoms with Gasteiger partial charge in [-0.1, -0.05) is 23.9 Å². The molecule has 36 heavy (non-hydrogen) atoms. The molecule has 9 heteroatoms. The van der Waals surface area contributed by atoms with Gasteiger partial charge in [0.25, 0.3) is 0 Å². The lowest BCUT2D eigenvalue weighted by atomic mass is 9.61. The molecule has 4 rings (SSSR count). The minimum absolute atomic E-state index is 0.0438. The molecule has 1 aliphatic carbocycles. The summed E-state index contributed by atoms with van der Waals surface area (Å²) >= 11 is 1.53. The van der Waals surface area contributed by atoms with Gasteiger partial charge in [0.05, 0.1) is 25.7 Å². The lowest BCUT2D eigenvalue weighted by Crippen LogP contribution is -2.55.